The second kappa shape index (κ2) is 3.23. The van der Waals surface area contributed by atoms with Crippen LogP contribution in [0.3, 0.4) is 0 Å². The summed E-state index contributed by atoms with van der Waals surface area (Å²) in [5.74, 6) is 1.84. The van der Waals surface area contributed by atoms with Gasteiger partial charge in [0, 0.05) is 6.54 Å². The van der Waals surface area contributed by atoms with E-state index in [4.69, 9.17) is 0 Å². The van der Waals surface area contributed by atoms with Gasteiger partial charge in [0.1, 0.15) is 0 Å². The Hall–Kier alpha value is -0.0400. The van der Waals surface area contributed by atoms with Crippen LogP contribution in [0.5, 0.6) is 0 Å². The molecule has 0 aromatic rings. The summed E-state index contributed by atoms with van der Waals surface area (Å²) in [7, 11) is 0. The number of nitrogens with one attached hydrogen (secondary N) is 1. The molecule has 0 amide bonds. The molecule has 1 nitrogen and oxygen atoms in total. The standard InChI is InChI=1S/C13H25N/c1-10(2)7-12(3,4)11-8-13(11)5-6-14-9-13/h10-11,14H,5-9H2,1-4H3. The highest BCUT2D eigenvalue weighted by atomic mass is 15.0. The van der Waals surface area contributed by atoms with Gasteiger partial charge in [0.25, 0.3) is 0 Å². The van der Waals surface area contributed by atoms with E-state index in [2.05, 4.69) is 33.0 Å². The average molecular weight is 195 g/mol. The van der Waals surface area contributed by atoms with Gasteiger partial charge < -0.3 is 5.32 Å². The first-order chi connectivity index (χ1) is 6.46. The molecule has 2 unspecified atom stereocenters. The molecule has 2 fully saturated rings. The first kappa shape index (κ1) is 10.5. The Kier molecular flexibility index (Phi) is 2.42. The van der Waals surface area contributed by atoms with Crippen LogP contribution in [0.25, 0.3) is 0 Å². The lowest BCUT2D eigenvalue weighted by Crippen LogP contribution is -2.23. The minimum atomic E-state index is 0.570. The Labute approximate surface area is 88.7 Å². The topological polar surface area (TPSA) is 12.0 Å². The summed E-state index contributed by atoms with van der Waals surface area (Å²) < 4.78 is 0. The third-order valence-electron chi connectivity index (χ3n) is 4.34. The van der Waals surface area contributed by atoms with Gasteiger partial charge in [-0.05, 0) is 48.5 Å². The number of rotatable bonds is 3. The van der Waals surface area contributed by atoms with E-state index in [1.807, 2.05) is 0 Å². The molecule has 1 saturated heterocycles. The summed E-state index contributed by atoms with van der Waals surface area (Å²) in [6, 6.07) is 0. The summed E-state index contributed by atoms with van der Waals surface area (Å²) >= 11 is 0. The molecule has 0 radical (unpaired) electrons. The van der Waals surface area contributed by atoms with Gasteiger partial charge in [-0.15, -0.1) is 0 Å². The van der Waals surface area contributed by atoms with Gasteiger partial charge in [-0.1, -0.05) is 27.7 Å². The van der Waals surface area contributed by atoms with Crippen LogP contribution < -0.4 is 5.32 Å². The van der Waals surface area contributed by atoms with E-state index >= 15 is 0 Å². The monoisotopic (exact) mass is 195 g/mol. The Morgan fingerprint density at radius 2 is 2.14 bits per heavy atom. The van der Waals surface area contributed by atoms with Gasteiger partial charge in [0.15, 0.2) is 0 Å². The lowest BCUT2D eigenvalue weighted by atomic mass is 9.76. The third kappa shape index (κ3) is 1.71. The predicted molar refractivity (Wildman–Crippen MR) is 61.3 cm³/mol. The molecule has 2 atom stereocenters. The second-order valence-electron chi connectivity index (χ2n) is 6.63. The molecule has 1 spiro atoms. The Balaban J connectivity index is 1.96. The van der Waals surface area contributed by atoms with Crippen LogP contribution in [-0.2, 0) is 0 Å². The first-order valence-corrected chi connectivity index (χ1v) is 6.17. The highest BCUT2D eigenvalue weighted by Gasteiger charge is 2.60. The molecule has 82 valence electrons. The van der Waals surface area contributed by atoms with E-state index < -0.39 is 0 Å². The fourth-order valence-electron chi connectivity index (χ4n) is 3.88. The summed E-state index contributed by atoms with van der Waals surface area (Å²) in [6.07, 6.45) is 4.30. The molecule has 1 heteroatoms. The van der Waals surface area contributed by atoms with Gasteiger partial charge in [-0.25, -0.2) is 0 Å². The maximum absolute atomic E-state index is 3.53. The molecule has 0 bridgehead atoms. The molecular weight excluding hydrogens is 170 g/mol. The van der Waals surface area contributed by atoms with Gasteiger partial charge in [-0.3, -0.25) is 0 Å². The smallest absolute Gasteiger partial charge is 0.00113 e. The van der Waals surface area contributed by atoms with Crippen LogP contribution in [-0.4, -0.2) is 13.1 Å². The molecule has 14 heavy (non-hydrogen) atoms. The number of hydrogen-bond acceptors (Lipinski definition) is 1. The minimum Gasteiger partial charge on any atom is -0.316 e. The van der Waals surface area contributed by atoms with Gasteiger partial charge in [0.05, 0.1) is 0 Å². The largest absolute Gasteiger partial charge is 0.316 e. The first-order valence-electron chi connectivity index (χ1n) is 6.17. The molecule has 2 aliphatic rings. The van der Waals surface area contributed by atoms with Crippen molar-refractivity contribution in [2.45, 2.75) is 47.0 Å². The lowest BCUT2D eigenvalue weighted by Gasteiger charge is -2.29. The van der Waals surface area contributed by atoms with Crippen LogP contribution in [0.4, 0.5) is 0 Å². The zero-order valence-corrected chi connectivity index (χ0v) is 10.2. The van der Waals surface area contributed by atoms with Crippen molar-refractivity contribution in [3.8, 4) is 0 Å². The van der Waals surface area contributed by atoms with Gasteiger partial charge in [0.2, 0.25) is 0 Å². The van der Waals surface area contributed by atoms with E-state index in [0.29, 0.717) is 5.41 Å². The number of hydrogen-bond donors (Lipinski definition) is 1. The van der Waals surface area contributed by atoms with E-state index in [-0.39, 0.29) is 0 Å². The molecule has 0 aromatic carbocycles. The van der Waals surface area contributed by atoms with Crippen molar-refractivity contribution in [2.24, 2.45) is 22.7 Å². The lowest BCUT2D eigenvalue weighted by molar-refractivity contribution is 0.210. The molecule has 1 N–H and O–H groups in total. The van der Waals surface area contributed by atoms with E-state index in [0.717, 1.165) is 17.3 Å². The van der Waals surface area contributed by atoms with E-state index in [1.54, 1.807) is 0 Å². The highest BCUT2D eigenvalue weighted by Crippen LogP contribution is 2.65. The van der Waals surface area contributed by atoms with Crippen molar-refractivity contribution in [1.29, 1.82) is 0 Å². The minimum absolute atomic E-state index is 0.570. The van der Waals surface area contributed by atoms with Crippen molar-refractivity contribution in [3.05, 3.63) is 0 Å². The van der Waals surface area contributed by atoms with Crippen LogP contribution in [0.1, 0.15) is 47.0 Å². The average Bonchev–Trinajstić information content (AvgIpc) is 2.49. The quantitative estimate of drug-likeness (QED) is 0.730. The summed E-state index contributed by atoms with van der Waals surface area (Å²) in [5.41, 5.74) is 1.29. The highest BCUT2D eigenvalue weighted by molar-refractivity contribution is 5.11. The van der Waals surface area contributed by atoms with Gasteiger partial charge >= 0.3 is 0 Å². The molecule has 2 rings (SSSR count). The van der Waals surface area contributed by atoms with Crippen molar-refractivity contribution in [3.63, 3.8) is 0 Å². The van der Waals surface area contributed by atoms with Gasteiger partial charge in [-0.2, -0.15) is 0 Å². The van der Waals surface area contributed by atoms with Crippen LogP contribution in [0, 0.1) is 22.7 Å². The molecule has 1 heterocycles. The zero-order chi connectivity index (χ0) is 10.4. The maximum atomic E-state index is 3.53. The molecular formula is C13H25N. The Bertz CT molecular complexity index is 211. The fraction of sp³-hybridized carbons (Fsp3) is 1.00. The molecule has 1 aliphatic heterocycles. The van der Waals surface area contributed by atoms with Crippen molar-refractivity contribution < 1.29 is 0 Å². The van der Waals surface area contributed by atoms with E-state index in [1.165, 1.54) is 32.4 Å². The van der Waals surface area contributed by atoms with Crippen LogP contribution in [0.2, 0.25) is 0 Å². The summed E-state index contributed by atoms with van der Waals surface area (Å²) in [5, 5.41) is 3.53. The van der Waals surface area contributed by atoms with Crippen molar-refractivity contribution in [1.82, 2.24) is 5.32 Å². The summed E-state index contributed by atoms with van der Waals surface area (Å²) in [4.78, 5) is 0. The summed E-state index contributed by atoms with van der Waals surface area (Å²) in [6.45, 7) is 12.2. The maximum Gasteiger partial charge on any atom is 0.00113 e. The zero-order valence-electron chi connectivity index (χ0n) is 10.2. The van der Waals surface area contributed by atoms with Crippen LogP contribution >= 0.6 is 0 Å². The Morgan fingerprint density at radius 3 is 2.64 bits per heavy atom. The molecule has 1 aliphatic carbocycles. The fourth-order valence-corrected chi connectivity index (χ4v) is 3.88. The van der Waals surface area contributed by atoms with E-state index in [9.17, 15) is 0 Å². The Morgan fingerprint density at radius 1 is 1.43 bits per heavy atom. The van der Waals surface area contributed by atoms with Crippen molar-refractivity contribution >= 4 is 0 Å². The molecule has 1 saturated carbocycles. The SMILES string of the molecule is CC(C)CC(C)(C)C1CC12CCNC2. The normalized spacial score (nSPS) is 37.1. The third-order valence-corrected chi connectivity index (χ3v) is 4.34. The van der Waals surface area contributed by atoms with Crippen LogP contribution in [0.15, 0.2) is 0 Å². The predicted octanol–water partition coefficient (Wildman–Crippen LogP) is 3.06. The molecule has 0 aromatic heterocycles. The second-order valence-corrected chi connectivity index (χ2v) is 6.63. The van der Waals surface area contributed by atoms with Crippen molar-refractivity contribution in [2.75, 3.05) is 13.1 Å².